The highest BCUT2D eigenvalue weighted by atomic mass is 15.1. The molecular weight excluding hydrogens is 651 g/mol. The molecule has 0 saturated heterocycles. The standard InChI is InChI=1S/C53H37N/c1-6-20-38(21-7-1)45-31-18-19-33-50(45)54(43-29-14-5-15-30-43)44-34-35-47-49(37-44)53(41-25-10-3-11-26-41,42-27-12-4-13-28-42)52-46-32-17-16-24-40(46)36-48(51(47)52)39-22-8-2-9-23-39/h1-37H. The van der Waals surface area contributed by atoms with E-state index in [4.69, 9.17) is 0 Å². The van der Waals surface area contributed by atoms with Gasteiger partial charge in [-0.05, 0) is 97.2 Å². The first-order valence-electron chi connectivity index (χ1n) is 18.7. The highest BCUT2D eigenvalue weighted by Gasteiger charge is 2.48. The average Bonchev–Trinajstić information content (AvgIpc) is 3.57. The summed E-state index contributed by atoms with van der Waals surface area (Å²) in [5.41, 5.74) is 15.2. The fourth-order valence-corrected chi connectivity index (χ4v) is 8.87. The summed E-state index contributed by atoms with van der Waals surface area (Å²) in [4.78, 5) is 2.43. The smallest absolute Gasteiger partial charge is 0.0720 e. The van der Waals surface area contributed by atoms with Crippen LogP contribution in [-0.2, 0) is 5.41 Å². The van der Waals surface area contributed by atoms with Crippen LogP contribution in [0, 0.1) is 0 Å². The third kappa shape index (κ3) is 5.01. The van der Waals surface area contributed by atoms with Crippen molar-refractivity contribution in [2.45, 2.75) is 5.41 Å². The molecule has 0 aromatic heterocycles. The van der Waals surface area contributed by atoms with Gasteiger partial charge in [0.2, 0.25) is 0 Å². The van der Waals surface area contributed by atoms with Crippen molar-refractivity contribution < 1.29 is 0 Å². The molecule has 0 spiro atoms. The van der Waals surface area contributed by atoms with E-state index in [1.807, 2.05) is 0 Å². The summed E-state index contributed by atoms with van der Waals surface area (Å²) in [6, 6.07) is 82.1. The van der Waals surface area contributed by atoms with Gasteiger partial charge in [0.05, 0.1) is 11.1 Å². The molecule has 0 aliphatic heterocycles. The third-order valence-electron chi connectivity index (χ3n) is 11.1. The molecule has 9 aromatic rings. The molecule has 9 aromatic carbocycles. The summed E-state index contributed by atoms with van der Waals surface area (Å²) in [6.45, 7) is 0. The maximum absolute atomic E-state index is 2.48. The van der Waals surface area contributed by atoms with Gasteiger partial charge in [-0.15, -0.1) is 0 Å². The van der Waals surface area contributed by atoms with Gasteiger partial charge >= 0.3 is 0 Å². The van der Waals surface area contributed by atoms with Crippen molar-refractivity contribution in [3.8, 4) is 33.4 Å². The van der Waals surface area contributed by atoms with Crippen molar-refractivity contribution in [1.29, 1.82) is 0 Å². The zero-order valence-electron chi connectivity index (χ0n) is 29.8. The van der Waals surface area contributed by atoms with Crippen molar-refractivity contribution in [3.63, 3.8) is 0 Å². The van der Waals surface area contributed by atoms with Crippen LogP contribution in [0.1, 0.15) is 22.3 Å². The molecule has 0 N–H and O–H groups in total. The average molecular weight is 688 g/mol. The first-order valence-corrected chi connectivity index (χ1v) is 18.7. The van der Waals surface area contributed by atoms with Gasteiger partial charge in [-0.1, -0.05) is 188 Å². The van der Waals surface area contributed by atoms with Gasteiger partial charge in [0.1, 0.15) is 0 Å². The number of benzene rings is 9. The molecule has 1 nitrogen and oxygen atoms in total. The number of hydrogen-bond donors (Lipinski definition) is 0. The van der Waals surface area contributed by atoms with Crippen LogP contribution in [0.3, 0.4) is 0 Å². The Balaban J connectivity index is 1.35. The lowest BCUT2D eigenvalue weighted by molar-refractivity contribution is 0.775. The quantitative estimate of drug-likeness (QED) is 0.161. The minimum Gasteiger partial charge on any atom is -0.310 e. The Kier molecular flexibility index (Phi) is 7.78. The Bertz CT molecular complexity index is 2700. The molecular formula is C53H37N. The van der Waals surface area contributed by atoms with Crippen LogP contribution >= 0.6 is 0 Å². The summed E-state index contributed by atoms with van der Waals surface area (Å²) >= 11 is 0. The number of fused-ring (bicyclic) bond motifs is 5. The summed E-state index contributed by atoms with van der Waals surface area (Å²) in [7, 11) is 0. The van der Waals surface area contributed by atoms with Gasteiger partial charge < -0.3 is 4.90 Å². The summed E-state index contributed by atoms with van der Waals surface area (Å²) < 4.78 is 0. The van der Waals surface area contributed by atoms with E-state index >= 15 is 0 Å². The molecule has 0 amide bonds. The molecule has 54 heavy (non-hydrogen) atoms. The maximum Gasteiger partial charge on any atom is 0.0720 e. The molecule has 0 bridgehead atoms. The first kappa shape index (κ1) is 31.7. The molecule has 0 unspecified atom stereocenters. The van der Waals surface area contributed by atoms with Crippen LogP contribution in [0.2, 0.25) is 0 Å². The van der Waals surface area contributed by atoms with Gasteiger partial charge in [0, 0.05) is 16.9 Å². The Morgan fingerprint density at radius 3 is 1.52 bits per heavy atom. The zero-order valence-corrected chi connectivity index (χ0v) is 29.8. The van der Waals surface area contributed by atoms with E-state index < -0.39 is 5.41 Å². The number of anilines is 3. The molecule has 0 saturated carbocycles. The van der Waals surface area contributed by atoms with Crippen molar-refractivity contribution in [3.05, 3.63) is 247 Å². The van der Waals surface area contributed by atoms with Crippen LogP contribution in [0.4, 0.5) is 17.1 Å². The summed E-state index contributed by atoms with van der Waals surface area (Å²) in [6.07, 6.45) is 0. The van der Waals surface area contributed by atoms with E-state index in [9.17, 15) is 0 Å². The third-order valence-corrected chi connectivity index (χ3v) is 11.1. The van der Waals surface area contributed by atoms with Crippen LogP contribution < -0.4 is 4.90 Å². The Hall–Kier alpha value is -6.96. The fraction of sp³-hybridized carbons (Fsp3) is 0.0189. The van der Waals surface area contributed by atoms with Gasteiger partial charge in [0.25, 0.3) is 0 Å². The molecule has 254 valence electrons. The van der Waals surface area contributed by atoms with Crippen LogP contribution in [0.5, 0.6) is 0 Å². The SMILES string of the molecule is c1ccc(-c2ccccc2N(c2ccccc2)c2ccc3c(c2)C(c2ccccc2)(c2ccccc2)c2c-3c(-c3ccccc3)cc3ccccc23)cc1. The second-order valence-electron chi connectivity index (χ2n) is 14.0. The normalized spacial score (nSPS) is 12.6. The van der Waals surface area contributed by atoms with E-state index in [0.29, 0.717) is 0 Å². The number of hydrogen-bond acceptors (Lipinski definition) is 1. The second kappa shape index (κ2) is 13.2. The minimum absolute atomic E-state index is 0.602. The monoisotopic (exact) mass is 687 g/mol. The summed E-state index contributed by atoms with van der Waals surface area (Å²) in [5, 5.41) is 2.51. The predicted molar refractivity (Wildman–Crippen MR) is 227 cm³/mol. The van der Waals surface area contributed by atoms with E-state index in [2.05, 4.69) is 229 Å². The van der Waals surface area contributed by atoms with Crippen LogP contribution in [0.15, 0.2) is 224 Å². The van der Waals surface area contributed by atoms with Gasteiger partial charge in [-0.3, -0.25) is 0 Å². The fourth-order valence-electron chi connectivity index (χ4n) is 8.87. The predicted octanol–water partition coefficient (Wildman–Crippen LogP) is 14.0. The highest BCUT2D eigenvalue weighted by molar-refractivity contribution is 6.07. The Morgan fingerprint density at radius 2 is 0.870 bits per heavy atom. The van der Waals surface area contributed by atoms with Crippen molar-refractivity contribution in [1.82, 2.24) is 0 Å². The maximum atomic E-state index is 2.48. The lowest BCUT2D eigenvalue weighted by Gasteiger charge is -2.36. The van der Waals surface area contributed by atoms with Gasteiger partial charge in [0.15, 0.2) is 0 Å². The highest BCUT2D eigenvalue weighted by Crippen LogP contribution is 2.61. The molecule has 0 radical (unpaired) electrons. The lowest BCUT2D eigenvalue weighted by atomic mass is 9.66. The second-order valence-corrected chi connectivity index (χ2v) is 14.0. The number of nitrogens with zero attached hydrogens (tertiary/aromatic N) is 1. The lowest BCUT2D eigenvalue weighted by Crippen LogP contribution is -2.29. The molecule has 0 atom stereocenters. The summed E-state index contributed by atoms with van der Waals surface area (Å²) in [5.74, 6) is 0. The van der Waals surface area contributed by atoms with Gasteiger partial charge in [-0.2, -0.15) is 0 Å². The largest absolute Gasteiger partial charge is 0.310 e. The number of para-hydroxylation sites is 2. The molecule has 1 aliphatic rings. The molecule has 10 rings (SSSR count). The van der Waals surface area contributed by atoms with Crippen LogP contribution in [0.25, 0.3) is 44.2 Å². The van der Waals surface area contributed by atoms with E-state index in [-0.39, 0.29) is 0 Å². The zero-order chi connectivity index (χ0) is 35.9. The molecule has 0 heterocycles. The van der Waals surface area contributed by atoms with Crippen molar-refractivity contribution >= 4 is 27.8 Å². The first-order chi connectivity index (χ1) is 26.8. The van der Waals surface area contributed by atoms with Crippen molar-refractivity contribution in [2.24, 2.45) is 0 Å². The van der Waals surface area contributed by atoms with Crippen molar-refractivity contribution in [2.75, 3.05) is 4.90 Å². The van der Waals surface area contributed by atoms with E-state index in [1.54, 1.807) is 0 Å². The Morgan fingerprint density at radius 1 is 0.352 bits per heavy atom. The molecule has 1 aliphatic carbocycles. The topological polar surface area (TPSA) is 3.24 Å². The van der Waals surface area contributed by atoms with E-state index in [0.717, 1.165) is 17.1 Å². The molecule has 1 heteroatoms. The van der Waals surface area contributed by atoms with Crippen LogP contribution in [-0.4, -0.2) is 0 Å². The van der Waals surface area contributed by atoms with Gasteiger partial charge in [-0.25, -0.2) is 0 Å². The van der Waals surface area contributed by atoms with E-state index in [1.165, 1.54) is 66.4 Å². The minimum atomic E-state index is -0.602. The number of rotatable bonds is 7. The Labute approximate surface area is 317 Å². The molecule has 0 fully saturated rings.